The molecule has 0 spiro atoms. The number of para-hydroxylation sites is 1. The third-order valence-corrected chi connectivity index (χ3v) is 3.56. The van der Waals surface area contributed by atoms with Crippen molar-refractivity contribution in [2.45, 2.75) is 6.61 Å². The second-order valence-corrected chi connectivity index (χ2v) is 4.98. The summed E-state index contributed by atoms with van der Waals surface area (Å²) in [7, 11) is 3.47. The van der Waals surface area contributed by atoms with Crippen LogP contribution in [0.1, 0.15) is 5.56 Å². The molecule has 0 N–H and O–H groups in total. The quantitative estimate of drug-likeness (QED) is 0.742. The molecule has 3 rings (SSSR count). The summed E-state index contributed by atoms with van der Waals surface area (Å²) in [6.45, 7) is 0.218. The zero-order valence-electron chi connectivity index (χ0n) is 12.6. The SMILES string of the molecule is COCc1c(N(C)c2ccccc2)nc2ccccn2c1=O. The largest absolute Gasteiger partial charge is 0.380 e. The molecule has 0 fully saturated rings. The van der Waals surface area contributed by atoms with Gasteiger partial charge in [-0.1, -0.05) is 24.3 Å². The highest BCUT2D eigenvalue weighted by molar-refractivity contribution is 5.64. The first-order valence-electron chi connectivity index (χ1n) is 7.00. The number of fused-ring (bicyclic) bond motifs is 1. The second-order valence-electron chi connectivity index (χ2n) is 4.98. The Morgan fingerprint density at radius 2 is 1.86 bits per heavy atom. The maximum absolute atomic E-state index is 12.7. The molecular weight excluding hydrogens is 278 g/mol. The Kier molecular flexibility index (Phi) is 3.89. The lowest BCUT2D eigenvalue weighted by molar-refractivity contribution is 0.183. The minimum absolute atomic E-state index is 0.106. The van der Waals surface area contributed by atoms with Gasteiger partial charge in [0.1, 0.15) is 11.5 Å². The van der Waals surface area contributed by atoms with Crippen molar-refractivity contribution in [2.75, 3.05) is 19.1 Å². The number of hydrogen-bond acceptors (Lipinski definition) is 4. The maximum Gasteiger partial charge on any atom is 0.265 e. The van der Waals surface area contributed by atoms with E-state index in [0.717, 1.165) is 5.69 Å². The molecule has 0 amide bonds. The first-order chi connectivity index (χ1) is 10.7. The lowest BCUT2D eigenvalue weighted by Crippen LogP contribution is -2.25. The Hall–Kier alpha value is -2.66. The van der Waals surface area contributed by atoms with Crippen LogP contribution >= 0.6 is 0 Å². The van der Waals surface area contributed by atoms with Crippen LogP contribution in [0.2, 0.25) is 0 Å². The molecule has 0 radical (unpaired) electrons. The van der Waals surface area contributed by atoms with Gasteiger partial charge in [0.05, 0.1) is 12.2 Å². The van der Waals surface area contributed by atoms with E-state index < -0.39 is 0 Å². The van der Waals surface area contributed by atoms with Crippen molar-refractivity contribution in [3.05, 3.63) is 70.6 Å². The Morgan fingerprint density at radius 1 is 1.14 bits per heavy atom. The van der Waals surface area contributed by atoms with Gasteiger partial charge in [0, 0.05) is 26.0 Å². The Balaban J connectivity index is 2.23. The average Bonchev–Trinajstić information content (AvgIpc) is 2.57. The number of ether oxygens (including phenoxy) is 1. The molecule has 1 aromatic carbocycles. The van der Waals surface area contributed by atoms with E-state index in [-0.39, 0.29) is 12.2 Å². The third-order valence-electron chi connectivity index (χ3n) is 3.56. The van der Waals surface area contributed by atoms with Crippen LogP contribution in [0.5, 0.6) is 0 Å². The minimum Gasteiger partial charge on any atom is -0.380 e. The van der Waals surface area contributed by atoms with Gasteiger partial charge >= 0.3 is 0 Å². The van der Waals surface area contributed by atoms with Crippen LogP contribution < -0.4 is 10.5 Å². The summed E-state index contributed by atoms with van der Waals surface area (Å²) in [6, 6.07) is 15.3. The Morgan fingerprint density at radius 3 is 2.59 bits per heavy atom. The third kappa shape index (κ3) is 2.46. The number of aromatic nitrogens is 2. The van der Waals surface area contributed by atoms with E-state index in [1.807, 2.05) is 60.5 Å². The van der Waals surface area contributed by atoms with E-state index >= 15 is 0 Å². The van der Waals surface area contributed by atoms with Crippen LogP contribution in [0.25, 0.3) is 5.65 Å². The summed E-state index contributed by atoms with van der Waals surface area (Å²) < 4.78 is 6.74. The number of hydrogen-bond donors (Lipinski definition) is 0. The predicted octanol–water partition coefficient (Wildman–Crippen LogP) is 2.61. The van der Waals surface area contributed by atoms with Gasteiger partial charge in [-0.3, -0.25) is 9.20 Å². The first-order valence-corrected chi connectivity index (χ1v) is 7.00. The highest BCUT2D eigenvalue weighted by Gasteiger charge is 2.16. The van der Waals surface area contributed by atoms with Gasteiger partial charge in [0.15, 0.2) is 0 Å². The van der Waals surface area contributed by atoms with Crippen molar-refractivity contribution in [2.24, 2.45) is 0 Å². The number of benzene rings is 1. The summed E-state index contributed by atoms with van der Waals surface area (Å²) in [5.74, 6) is 0.615. The van der Waals surface area contributed by atoms with Gasteiger partial charge in [-0.15, -0.1) is 0 Å². The first kappa shape index (κ1) is 14.3. The fourth-order valence-electron chi connectivity index (χ4n) is 2.44. The molecule has 0 aliphatic carbocycles. The van der Waals surface area contributed by atoms with E-state index in [1.165, 1.54) is 4.40 Å². The molecule has 22 heavy (non-hydrogen) atoms. The predicted molar refractivity (Wildman–Crippen MR) is 86.7 cm³/mol. The summed E-state index contributed by atoms with van der Waals surface area (Å²) in [6.07, 6.45) is 1.72. The fourth-order valence-corrected chi connectivity index (χ4v) is 2.44. The molecule has 2 aromatic heterocycles. The van der Waals surface area contributed by atoms with Gasteiger partial charge in [-0.05, 0) is 24.3 Å². The number of pyridine rings is 1. The highest BCUT2D eigenvalue weighted by Crippen LogP contribution is 2.24. The van der Waals surface area contributed by atoms with E-state index in [2.05, 4.69) is 4.98 Å². The second kappa shape index (κ2) is 5.99. The molecule has 0 bridgehead atoms. The number of anilines is 2. The molecular formula is C17H17N3O2. The molecule has 2 heterocycles. The molecule has 0 unspecified atom stereocenters. The summed E-state index contributed by atoms with van der Waals surface area (Å²) in [5.41, 5.74) is 2.01. The summed E-state index contributed by atoms with van der Waals surface area (Å²) >= 11 is 0. The molecule has 3 aromatic rings. The van der Waals surface area contributed by atoms with Crippen LogP contribution in [0.3, 0.4) is 0 Å². The van der Waals surface area contributed by atoms with Crippen LogP contribution in [0.4, 0.5) is 11.5 Å². The van der Waals surface area contributed by atoms with Crippen molar-refractivity contribution in [3.63, 3.8) is 0 Å². The van der Waals surface area contributed by atoms with Gasteiger partial charge < -0.3 is 9.64 Å². The van der Waals surface area contributed by atoms with E-state index in [0.29, 0.717) is 17.0 Å². The standard InChI is InChI=1S/C17H17N3O2/c1-19(13-8-4-3-5-9-13)16-14(12-22-2)17(21)20-11-7-6-10-15(20)18-16/h3-11H,12H2,1-2H3. The molecule has 5 nitrogen and oxygen atoms in total. The Bertz CT molecular complexity index is 843. The van der Waals surface area contributed by atoms with Crippen LogP contribution in [0, 0.1) is 0 Å². The normalized spacial score (nSPS) is 10.8. The molecule has 0 saturated heterocycles. The topological polar surface area (TPSA) is 46.8 Å². The zero-order chi connectivity index (χ0) is 15.5. The van der Waals surface area contributed by atoms with Gasteiger partial charge in [0.25, 0.3) is 5.56 Å². The monoisotopic (exact) mass is 295 g/mol. The van der Waals surface area contributed by atoms with Crippen molar-refractivity contribution in [1.82, 2.24) is 9.38 Å². The van der Waals surface area contributed by atoms with Crippen molar-refractivity contribution < 1.29 is 4.74 Å². The fraction of sp³-hybridized carbons (Fsp3) is 0.176. The van der Waals surface area contributed by atoms with E-state index in [9.17, 15) is 4.79 Å². The van der Waals surface area contributed by atoms with Crippen LogP contribution in [0.15, 0.2) is 59.5 Å². The number of nitrogens with zero attached hydrogens (tertiary/aromatic N) is 3. The number of rotatable bonds is 4. The molecule has 0 saturated carbocycles. The minimum atomic E-state index is -0.106. The average molecular weight is 295 g/mol. The molecule has 0 atom stereocenters. The van der Waals surface area contributed by atoms with Gasteiger partial charge in [-0.25, -0.2) is 4.98 Å². The Labute approximate surface area is 128 Å². The lowest BCUT2D eigenvalue weighted by Gasteiger charge is -2.21. The summed E-state index contributed by atoms with van der Waals surface area (Å²) in [5, 5.41) is 0. The van der Waals surface area contributed by atoms with Crippen molar-refractivity contribution >= 4 is 17.2 Å². The molecule has 112 valence electrons. The van der Waals surface area contributed by atoms with Gasteiger partial charge in [-0.2, -0.15) is 0 Å². The maximum atomic E-state index is 12.7. The lowest BCUT2D eigenvalue weighted by atomic mass is 10.2. The van der Waals surface area contributed by atoms with Crippen LogP contribution in [-0.4, -0.2) is 23.5 Å². The van der Waals surface area contributed by atoms with Crippen LogP contribution in [-0.2, 0) is 11.3 Å². The van der Waals surface area contributed by atoms with Crippen molar-refractivity contribution in [3.8, 4) is 0 Å². The zero-order valence-corrected chi connectivity index (χ0v) is 12.6. The molecule has 0 aliphatic heterocycles. The van der Waals surface area contributed by atoms with Crippen molar-refractivity contribution in [1.29, 1.82) is 0 Å². The smallest absolute Gasteiger partial charge is 0.265 e. The highest BCUT2D eigenvalue weighted by atomic mass is 16.5. The number of methoxy groups -OCH3 is 1. The van der Waals surface area contributed by atoms with E-state index in [1.54, 1.807) is 13.3 Å². The molecule has 0 aliphatic rings. The summed E-state index contributed by atoms with van der Waals surface area (Å²) in [4.78, 5) is 19.2. The van der Waals surface area contributed by atoms with E-state index in [4.69, 9.17) is 4.74 Å². The van der Waals surface area contributed by atoms with Gasteiger partial charge in [0.2, 0.25) is 0 Å². The molecule has 5 heteroatoms.